The number of nitrogens with one attached hydrogen (secondary N) is 3. The van der Waals surface area contributed by atoms with Gasteiger partial charge in [-0.15, -0.1) is 0 Å². The minimum absolute atomic E-state index is 0.0844. The van der Waals surface area contributed by atoms with Crippen molar-refractivity contribution in [2.75, 3.05) is 0 Å². The van der Waals surface area contributed by atoms with Gasteiger partial charge in [-0.05, 0) is 18.6 Å². The average Bonchev–Trinajstić information content (AvgIpc) is 3.23. The fraction of sp³-hybridized carbons (Fsp3) is 0.118. The number of imidazole rings is 1. The number of rotatable bonds is 5. The largest absolute Gasteiger partial charge is 0.356 e. The van der Waals surface area contributed by atoms with Crippen LogP contribution in [0.4, 0.5) is 0 Å². The summed E-state index contributed by atoms with van der Waals surface area (Å²) in [6.45, 7) is 1.74. The lowest BCUT2D eigenvalue weighted by molar-refractivity contribution is 0.0945. The van der Waals surface area contributed by atoms with Gasteiger partial charge in [-0.2, -0.15) is 0 Å². The normalized spacial score (nSPS) is 10.5. The van der Waals surface area contributed by atoms with E-state index in [1.807, 2.05) is 30.3 Å². The number of carbonyl (C=O) groups is 2. The Bertz CT molecular complexity index is 833. The first-order valence-electron chi connectivity index (χ1n) is 7.20. The van der Waals surface area contributed by atoms with Crippen LogP contribution in [0.3, 0.4) is 0 Å². The molecule has 3 N–H and O–H groups in total. The molecule has 1 amide bonds. The van der Waals surface area contributed by atoms with Crippen LogP contribution in [-0.4, -0.2) is 26.6 Å². The summed E-state index contributed by atoms with van der Waals surface area (Å²) in [5, 5.41) is 2.76. The number of ketones is 1. The minimum Gasteiger partial charge on any atom is -0.356 e. The van der Waals surface area contributed by atoms with Gasteiger partial charge in [0.15, 0.2) is 5.78 Å². The number of carbonyl (C=O) groups excluding carboxylic acids is 2. The third-order valence-corrected chi connectivity index (χ3v) is 3.46. The maximum Gasteiger partial charge on any atom is 0.268 e. The van der Waals surface area contributed by atoms with Crippen LogP contribution >= 0.6 is 0 Å². The third kappa shape index (κ3) is 3.37. The lowest BCUT2D eigenvalue weighted by Gasteiger charge is -2.01. The van der Waals surface area contributed by atoms with Crippen molar-refractivity contribution in [3.05, 3.63) is 65.9 Å². The van der Waals surface area contributed by atoms with E-state index in [9.17, 15) is 9.59 Å². The van der Waals surface area contributed by atoms with Gasteiger partial charge in [-0.3, -0.25) is 9.59 Å². The summed E-state index contributed by atoms with van der Waals surface area (Å²) in [7, 11) is 0. The zero-order valence-electron chi connectivity index (χ0n) is 12.6. The minimum atomic E-state index is -0.282. The molecule has 6 nitrogen and oxygen atoms in total. The molecule has 0 saturated heterocycles. The summed E-state index contributed by atoms with van der Waals surface area (Å²) in [5.74, 6) is 0.296. The molecule has 23 heavy (non-hydrogen) atoms. The maximum atomic E-state index is 12.0. The van der Waals surface area contributed by atoms with Crippen molar-refractivity contribution in [2.24, 2.45) is 0 Å². The van der Waals surface area contributed by atoms with Crippen molar-refractivity contribution in [1.82, 2.24) is 20.3 Å². The van der Waals surface area contributed by atoms with E-state index in [-0.39, 0.29) is 18.2 Å². The number of hydrogen-bond acceptors (Lipinski definition) is 3. The van der Waals surface area contributed by atoms with Crippen molar-refractivity contribution in [3.8, 4) is 11.3 Å². The average molecular weight is 308 g/mol. The predicted molar refractivity (Wildman–Crippen MR) is 86.0 cm³/mol. The first-order chi connectivity index (χ1) is 11.1. The lowest BCUT2D eigenvalue weighted by Crippen LogP contribution is -2.23. The van der Waals surface area contributed by atoms with Gasteiger partial charge in [-0.1, -0.05) is 30.3 Å². The van der Waals surface area contributed by atoms with Gasteiger partial charge in [0.25, 0.3) is 5.91 Å². The van der Waals surface area contributed by atoms with E-state index in [1.165, 1.54) is 19.2 Å². The second-order valence-electron chi connectivity index (χ2n) is 5.15. The summed E-state index contributed by atoms with van der Waals surface area (Å²) < 4.78 is 0. The van der Waals surface area contributed by atoms with Crippen molar-refractivity contribution < 1.29 is 9.59 Å². The van der Waals surface area contributed by atoms with Crippen LogP contribution in [0.15, 0.2) is 48.8 Å². The number of aromatic nitrogens is 3. The van der Waals surface area contributed by atoms with Gasteiger partial charge < -0.3 is 15.3 Å². The Morgan fingerprint density at radius 1 is 1.22 bits per heavy atom. The molecule has 2 heterocycles. The number of Topliss-reactive ketones (excluding diaryl/α,β-unsaturated/α-hetero) is 1. The molecule has 3 aromatic rings. The Balaban J connectivity index is 1.63. The van der Waals surface area contributed by atoms with Crippen LogP contribution < -0.4 is 5.32 Å². The molecular formula is C17H16N4O2. The molecule has 0 spiro atoms. The molecule has 0 aliphatic carbocycles. The predicted octanol–water partition coefficient (Wildman–Crippen LogP) is 2.54. The number of H-pyrrole nitrogens is 2. The Morgan fingerprint density at radius 2 is 2.00 bits per heavy atom. The van der Waals surface area contributed by atoms with Crippen LogP contribution in [0.2, 0.25) is 0 Å². The van der Waals surface area contributed by atoms with Crippen molar-refractivity contribution in [2.45, 2.75) is 13.5 Å². The zero-order chi connectivity index (χ0) is 16.2. The van der Waals surface area contributed by atoms with E-state index in [0.717, 1.165) is 11.3 Å². The van der Waals surface area contributed by atoms with Crippen LogP contribution in [0.1, 0.15) is 33.6 Å². The Morgan fingerprint density at radius 3 is 2.70 bits per heavy atom. The van der Waals surface area contributed by atoms with E-state index in [4.69, 9.17) is 0 Å². The van der Waals surface area contributed by atoms with Crippen LogP contribution in [0.5, 0.6) is 0 Å². The van der Waals surface area contributed by atoms with Crippen LogP contribution in [0, 0.1) is 0 Å². The lowest BCUT2D eigenvalue weighted by atomic mass is 10.2. The highest BCUT2D eigenvalue weighted by atomic mass is 16.2. The van der Waals surface area contributed by atoms with Crippen molar-refractivity contribution >= 4 is 11.7 Å². The number of amides is 1. The SMILES string of the molecule is CC(=O)c1c[nH]c(C(=O)NCc2ncc(-c3ccccc3)[nH]2)c1. The molecule has 116 valence electrons. The van der Waals surface area contributed by atoms with Gasteiger partial charge >= 0.3 is 0 Å². The molecule has 0 saturated carbocycles. The summed E-state index contributed by atoms with van der Waals surface area (Å²) >= 11 is 0. The highest BCUT2D eigenvalue weighted by Crippen LogP contribution is 2.15. The monoisotopic (exact) mass is 308 g/mol. The van der Waals surface area contributed by atoms with Gasteiger partial charge in [0.1, 0.15) is 11.5 Å². The second kappa shape index (κ2) is 6.31. The Hall–Kier alpha value is -3.15. The first-order valence-corrected chi connectivity index (χ1v) is 7.20. The van der Waals surface area contributed by atoms with Crippen molar-refractivity contribution in [3.63, 3.8) is 0 Å². The molecule has 0 bridgehead atoms. The summed E-state index contributed by atoms with van der Waals surface area (Å²) in [6, 6.07) is 11.4. The number of aromatic amines is 2. The smallest absolute Gasteiger partial charge is 0.268 e. The molecule has 0 unspecified atom stereocenters. The summed E-state index contributed by atoms with van der Waals surface area (Å²) in [5.41, 5.74) is 2.77. The molecule has 0 fully saturated rings. The molecule has 0 aliphatic rings. The van der Waals surface area contributed by atoms with E-state index in [1.54, 1.807) is 6.20 Å². The Kier molecular flexibility index (Phi) is 4.05. The standard InChI is InChI=1S/C17H16N4O2/c1-11(22)13-7-14(18-8-13)17(23)20-10-16-19-9-15(21-16)12-5-3-2-4-6-12/h2-9,18H,10H2,1H3,(H,19,21)(H,20,23). The van der Waals surface area contributed by atoms with Crippen molar-refractivity contribution in [1.29, 1.82) is 0 Å². The quantitative estimate of drug-likeness (QED) is 0.633. The maximum absolute atomic E-state index is 12.0. The van der Waals surface area contributed by atoms with E-state index >= 15 is 0 Å². The Labute approximate surface area is 133 Å². The molecule has 0 radical (unpaired) electrons. The zero-order valence-corrected chi connectivity index (χ0v) is 12.6. The van der Waals surface area contributed by atoms with E-state index < -0.39 is 0 Å². The topological polar surface area (TPSA) is 90.6 Å². The fourth-order valence-electron chi connectivity index (χ4n) is 2.20. The highest BCUT2D eigenvalue weighted by molar-refractivity contribution is 5.99. The summed E-state index contributed by atoms with van der Waals surface area (Å²) in [4.78, 5) is 33.5. The molecule has 0 aliphatic heterocycles. The second-order valence-corrected chi connectivity index (χ2v) is 5.15. The molecule has 1 aromatic carbocycles. The molecule has 3 rings (SSSR count). The van der Waals surface area contributed by atoms with Gasteiger partial charge in [0.05, 0.1) is 18.4 Å². The van der Waals surface area contributed by atoms with Gasteiger partial charge in [0.2, 0.25) is 0 Å². The molecule has 0 atom stereocenters. The number of hydrogen-bond donors (Lipinski definition) is 3. The fourth-order valence-corrected chi connectivity index (χ4v) is 2.20. The van der Waals surface area contributed by atoms with Crippen LogP contribution in [-0.2, 0) is 6.54 Å². The first kappa shape index (κ1) is 14.8. The van der Waals surface area contributed by atoms with E-state index in [2.05, 4.69) is 20.3 Å². The molecule has 6 heteroatoms. The number of nitrogens with zero attached hydrogens (tertiary/aromatic N) is 1. The van der Waals surface area contributed by atoms with E-state index in [0.29, 0.717) is 17.1 Å². The summed E-state index contributed by atoms with van der Waals surface area (Å²) in [6.07, 6.45) is 3.26. The van der Waals surface area contributed by atoms with Gasteiger partial charge in [0, 0.05) is 11.8 Å². The highest BCUT2D eigenvalue weighted by Gasteiger charge is 2.11. The van der Waals surface area contributed by atoms with Gasteiger partial charge in [-0.25, -0.2) is 4.98 Å². The van der Waals surface area contributed by atoms with Crippen LogP contribution in [0.25, 0.3) is 11.3 Å². The molecule has 2 aromatic heterocycles. The number of benzene rings is 1. The molecular weight excluding hydrogens is 292 g/mol. The third-order valence-electron chi connectivity index (χ3n) is 3.46.